The molecule has 4 N–H and O–H groups in total. The van der Waals surface area contributed by atoms with E-state index >= 15 is 0 Å². The summed E-state index contributed by atoms with van der Waals surface area (Å²) in [5, 5.41) is 40.8. The van der Waals surface area contributed by atoms with Crippen LogP contribution in [0.2, 0.25) is 0 Å². The molecule has 18 nitrogen and oxygen atoms in total. The number of halogens is 1. The van der Waals surface area contributed by atoms with Crippen molar-refractivity contribution in [2.75, 3.05) is 0 Å². The fourth-order valence-corrected chi connectivity index (χ4v) is 10.6. The number of carbonyl (C=O) groups is 4. The lowest BCUT2D eigenvalue weighted by atomic mass is 9.79. The number of fused-ring (bicyclic) bond motifs is 4. The molecule has 8 aromatic rings. The number of nitrogens with zero attached hydrogens (tertiary/aromatic N) is 8. The lowest BCUT2D eigenvalue weighted by Gasteiger charge is -2.25. The van der Waals surface area contributed by atoms with Gasteiger partial charge in [-0.3, -0.25) is 39.3 Å². The Kier molecular flexibility index (Phi) is 22.3. The molecule has 0 atom stereocenters. The molecule has 8 heterocycles. The van der Waals surface area contributed by atoms with E-state index in [0.29, 0.717) is 75.1 Å². The van der Waals surface area contributed by atoms with Gasteiger partial charge in [-0.25, -0.2) is 40.2 Å². The maximum absolute atomic E-state index is 12.4. The third kappa shape index (κ3) is 17.6. The van der Waals surface area contributed by atoms with E-state index in [1.54, 1.807) is 30.9 Å². The van der Waals surface area contributed by atoms with Crippen molar-refractivity contribution in [3.8, 4) is 33.4 Å². The minimum absolute atomic E-state index is 0.164. The molecule has 4 aromatic heterocycles. The fourth-order valence-electron chi connectivity index (χ4n) is 10.3. The quantitative estimate of drug-likeness (QED) is 0.0737. The molecule has 4 aliphatic rings. The number of pyridine rings is 4. The van der Waals surface area contributed by atoms with Crippen LogP contribution in [0, 0.1) is 0 Å². The average Bonchev–Trinajstić information content (AvgIpc) is 1.64. The highest BCUT2D eigenvalue weighted by molar-refractivity contribution is 9.10. The van der Waals surface area contributed by atoms with Crippen molar-refractivity contribution >= 4 is 52.1 Å². The van der Waals surface area contributed by atoms with E-state index < -0.39 is 24.5 Å². The van der Waals surface area contributed by atoms with Gasteiger partial charge in [0.2, 0.25) is 0 Å². The maximum atomic E-state index is 12.4. The molecule has 92 heavy (non-hydrogen) atoms. The Morgan fingerprint density at radius 3 is 1.05 bits per heavy atom. The molecule has 0 unspecified atom stereocenters. The number of hydrogen-bond acceptors (Lipinski definition) is 14. The van der Waals surface area contributed by atoms with Gasteiger partial charge in [-0.1, -0.05) is 152 Å². The highest BCUT2D eigenvalue weighted by Crippen LogP contribution is 2.33. The summed E-state index contributed by atoms with van der Waals surface area (Å²) in [5.74, 6) is 0.636. The number of amides is 4. The third-order valence-corrected chi connectivity index (χ3v) is 15.6. The van der Waals surface area contributed by atoms with Gasteiger partial charge < -0.3 is 10.0 Å². The summed E-state index contributed by atoms with van der Waals surface area (Å²) in [6.07, 6.45) is 6.78. The zero-order chi connectivity index (χ0) is 67.1. The average molecular weight is 1310 g/mol. The highest BCUT2D eigenvalue weighted by Gasteiger charge is 2.35. The van der Waals surface area contributed by atoms with E-state index in [9.17, 15) is 29.6 Å². The molecule has 0 aliphatic carbocycles. The summed E-state index contributed by atoms with van der Waals surface area (Å²) in [6.45, 7) is 30.0. The Labute approximate surface area is 548 Å². The molecule has 0 fully saturated rings. The zero-order valence-corrected chi connectivity index (χ0v) is 56.4. The van der Waals surface area contributed by atoms with Crippen LogP contribution in [-0.2, 0) is 35.9 Å². The molecular weight excluding hydrogens is 1230 g/mol. The molecule has 0 bridgehead atoms. The Morgan fingerprint density at radius 1 is 0.413 bits per heavy atom. The van der Waals surface area contributed by atoms with Crippen molar-refractivity contribution in [1.82, 2.24) is 40.2 Å². The summed E-state index contributed by atoms with van der Waals surface area (Å²) in [5.41, 5.74) is 16.0. The predicted molar refractivity (Wildman–Crippen MR) is 358 cm³/mol. The summed E-state index contributed by atoms with van der Waals surface area (Å²) in [4.78, 5) is 75.7. The summed E-state index contributed by atoms with van der Waals surface area (Å²) < 4.78 is 0.872. The Hall–Kier alpha value is -8.34. The third-order valence-electron chi connectivity index (χ3n) is 15.1. The lowest BCUT2D eigenvalue weighted by Crippen LogP contribution is -2.34. The molecule has 4 amide bonds. The van der Waals surface area contributed by atoms with Gasteiger partial charge in [-0.2, -0.15) is 0 Å². The second-order valence-corrected chi connectivity index (χ2v) is 27.1. The van der Waals surface area contributed by atoms with E-state index in [-0.39, 0.29) is 30.5 Å². The van der Waals surface area contributed by atoms with Crippen LogP contribution in [0.15, 0.2) is 151 Å². The number of hydroxylamine groups is 8. The molecule has 4 aliphatic heterocycles. The smallest absolute Gasteiger partial charge is 0.423 e. The van der Waals surface area contributed by atoms with E-state index in [1.165, 1.54) is 26.8 Å². The Morgan fingerprint density at radius 2 is 0.717 bits per heavy atom. The van der Waals surface area contributed by atoms with E-state index in [4.69, 9.17) is 19.7 Å². The van der Waals surface area contributed by atoms with Crippen LogP contribution in [0.1, 0.15) is 207 Å². The first-order valence-corrected chi connectivity index (χ1v) is 31.6. The first-order valence-electron chi connectivity index (χ1n) is 30.8. The van der Waals surface area contributed by atoms with Crippen molar-refractivity contribution < 1.29 is 49.3 Å². The normalized spacial score (nSPS) is 13.9. The monoisotopic (exact) mass is 1310 g/mol. The summed E-state index contributed by atoms with van der Waals surface area (Å²) in [6, 6.07) is 40.2. The van der Waals surface area contributed by atoms with Crippen LogP contribution in [-0.4, -0.2) is 103 Å². The van der Waals surface area contributed by atoms with Crippen LogP contribution >= 0.6 is 15.9 Å². The Balaban J connectivity index is 0.000000150. The standard InChI is InChI=1S/C20H24N2O2.2C16H16N2O2.C11H13BrN2O2.C9H13BO2/c1-13(2)14-7-6-8-15(9-14)16-10-17-12-22(24-20(3,4)5)19(23)18(17)21-11-16;2*1-10(2)11-4-3-5-12(6-11)13-7-14-9-18(20)16(19)15(14)17-8-13;1-11(2,3)16-14-6-7-4-8(12)5-13-9(7)10(14)15;1-7(2)8-4-3-5-9(6-8)10(11)12/h6-11,13H,12H2,1-5H3;2*3-8,10,20H,9H2,1-2H3;4-5H,6H2,1-3H3;3-7,11-12H,1-2H3. The first-order chi connectivity index (χ1) is 43.3. The van der Waals surface area contributed by atoms with Crippen molar-refractivity contribution in [2.45, 2.75) is 158 Å². The van der Waals surface area contributed by atoms with Crippen LogP contribution in [0.4, 0.5) is 0 Å². The summed E-state index contributed by atoms with van der Waals surface area (Å²) >= 11 is 3.33. The van der Waals surface area contributed by atoms with Gasteiger partial charge in [0, 0.05) is 68.2 Å². The molecular formula is C72H82BBrN8O10. The van der Waals surface area contributed by atoms with Gasteiger partial charge in [0.25, 0.3) is 23.6 Å². The molecule has 4 aromatic carbocycles. The predicted octanol–water partition coefficient (Wildman–Crippen LogP) is 14.0. The topological polar surface area (TPSA) is 232 Å². The van der Waals surface area contributed by atoms with Gasteiger partial charge in [-0.15, -0.1) is 0 Å². The second kappa shape index (κ2) is 29.5. The van der Waals surface area contributed by atoms with E-state index in [2.05, 4.69) is 140 Å². The summed E-state index contributed by atoms with van der Waals surface area (Å²) in [7, 11) is -1.36. The highest BCUT2D eigenvalue weighted by atomic mass is 79.9. The molecule has 0 saturated carbocycles. The molecule has 0 radical (unpaired) electrons. The fraction of sp³-hybridized carbons (Fsp3) is 0.333. The van der Waals surface area contributed by atoms with Gasteiger partial charge in [0.15, 0.2) is 0 Å². The molecule has 480 valence electrons. The number of hydrogen-bond donors (Lipinski definition) is 4. The zero-order valence-electron chi connectivity index (χ0n) is 54.8. The van der Waals surface area contributed by atoms with Crippen LogP contribution < -0.4 is 5.46 Å². The maximum Gasteiger partial charge on any atom is 0.488 e. The van der Waals surface area contributed by atoms with Crippen LogP contribution in [0.25, 0.3) is 33.4 Å². The van der Waals surface area contributed by atoms with E-state index in [0.717, 1.165) is 65.7 Å². The number of aromatic nitrogens is 4. The van der Waals surface area contributed by atoms with E-state index in [1.807, 2.05) is 108 Å². The number of carbonyl (C=O) groups excluding carboxylic acids is 4. The van der Waals surface area contributed by atoms with Gasteiger partial charge >= 0.3 is 7.12 Å². The van der Waals surface area contributed by atoms with Crippen LogP contribution in [0.3, 0.4) is 0 Å². The minimum Gasteiger partial charge on any atom is -0.423 e. The minimum atomic E-state index is -1.36. The second-order valence-electron chi connectivity index (χ2n) is 26.2. The van der Waals surface area contributed by atoms with Gasteiger partial charge in [0.05, 0.1) is 37.4 Å². The lowest BCUT2D eigenvalue weighted by molar-refractivity contribution is -0.197. The largest absolute Gasteiger partial charge is 0.488 e. The van der Waals surface area contributed by atoms with Gasteiger partial charge in [-0.05, 0) is 150 Å². The Bertz CT molecular complexity index is 3850. The van der Waals surface area contributed by atoms with Crippen molar-refractivity contribution in [2.24, 2.45) is 0 Å². The van der Waals surface area contributed by atoms with Gasteiger partial charge in [0.1, 0.15) is 22.8 Å². The van der Waals surface area contributed by atoms with Crippen molar-refractivity contribution in [3.63, 3.8) is 0 Å². The molecule has 20 heteroatoms. The first kappa shape index (κ1) is 69.6. The molecule has 12 rings (SSSR count). The van der Waals surface area contributed by atoms with Crippen LogP contribution in [0.5, 0.6) is 0 Å². The van der Waals surface area contributed by atoms with Crippen molar-refractivity contribution in [1.29, 1.82) is 0 Å². The molecule has 0 spiro atoms. The number of benzene rings is 4. The SMILES string of the molecule is CC(C)(C)ON1Cc2cc(Br)cnc2C1=O.CC(C)c1cccc(-c2cnc3c(c2)CN(O)C3=O)c1.CC(C)c1cccc(-c2cnc3c(c2)CN(O)C3=O)c1.CC(C)c1cccc(-c2cnc3c(c2)CN(OC(C)(C)C)C3=O)c1.CC(C)c1cccc(B(O)O)c1. The van der Waals surface area contributed by atoms with Crippen molar-refractivity contribution in [3.05, 3.63) is 218 Å². The molecule has 0 saturated heterocycles. The number of rotatable bonds is 10.